The maximum Gasteiger partial charge on any atom is 0.373 e. The molecule has 4 rings (SSSR count). The molecule has 1 saturated heterocycles. The molecule has 1 aliphatic rings. The minimum Gasteiger partial charge on any atom is -0.508 e. The average molecular weight is 1790 g/mol. The molecule has 0 saturated carbocycles. The zero-order valence-electron chi connectivity index (χ0n) is 70.2. The van der Waals surface area contributed by atoms with Crippen LogP contribution in [0.3, 0.4) is 0 Å². The number of likely N-dealkylation sites (N-methyl/N-ethyl adjacent to an activating group) is 1. The van der Waals surface area contributed by atoms with Gasteiger partial charge in [0.05, 0.1) is 37.3 Å². The molecule has 14 N–H and O–H groups in total. The Morgan fingerprint density at radius 2 is 1.31 bits per heavy atom. The Hall–Kier alpha value is -11.1. The number of carboxylic acid groups (broad SMARTS) is 5. The number of hydrogen-bond acceptors (Lipinski definition) is 28. The van der Waals surface area contributed by atoms with Crippen LogP contribution in [0.2, 0.25) is 0 Å². The summed E-state index contributed by atoms with van der Waals surface area (Å²) in [6.07, 6.45) is 0.362. The van der Waals surface area contributed by atoms with Gasteiger partial charge in [-0.1, -0.05) is 112 Å². The lowest BCUT2D eigenvalue weighted by Crippen LogP contribution is -2.50. The Morgan fingerprint density at radius 1 is 0.667 bits per heavy atom. The number of hydrogen-bond donors (Lipinski definition) is 14. The minimum atomic E-state index is -1.75. The van der Waals surface area contributed by atoms with Crippen LogP contribution in [0.25, 0.3) is 0 Å². The van der Waals surface area contributed by atoms with Crippen molar-refractivity contribution in [1.29, 1.82) is 0 Å². The van der Waals surface area contributed by atoms with Crippen LogP contribution >= 0.6 is 32.9 Å². The number of phenolic OH excluding ortho intramolecular Hbond substituents is 1. The summed E-state index contributed by atoms with van der Waals surface area (Å²) < 4.78 is 16.9. The number of unbranched alkanes of at least 4 members (excludes halogenated alkanes) is 1. The van der Waals surface area contributed by atoms with Crippen molar-refractivity contribution in [2.75, 3.05) is 58.1 Å². The van der Waals surface area contributed by atoms with Gasteiger partial charge in [0.15, 0.2) is 24.4 Å². The molecule has 1 aliphatic heterocycles. The molecule has 2 unspecified atom stereocenters. The van der Waals surface area contributed by atoms with Crippen LogP contribution in [0.1, 0.15) is 196 Å². The summed E-state index contributed by atoms with van der Waals surface area (Å²) in [5, 5.41) is 79.3. The molecular weight excluding hydrogens is 1670 g/mol. The zero-order valence-corrected chi connectivity index (χ0v) is 72.6. The van der Waals surface area contributed by atoms with E-state index in [1.165, 1.54) is 41.5 Å². The molecule has 42 heteroatoms. The normalized spacial score (nSPS) is 14.8. The number of carbonyl (C=O) groups is 17. The third kappa shape index (κ3) is 42.0. The van der Waals surface area contributed by atoms with Crippen LogP contribution in [0, 0.1) is 29.6 Å². The Morgan fingerprint density at radius 3 is 1.92 bits per heavy atom. The van der Waals surface area contributed by atoms with E-state index >= 15 is 4.79 Å². The van der Waals surface area contributed by atoms with Gasteiger partial charge in [-0.3, -0.25) is 67.2 Å². The first kappa shape index (κ1) is 106. The van der Waals surface area contributed by atoms with Crippen molar-refractivity contribution >= 4 is 140 Å². The van der Waals surface area contributed by atoms with Crippen LogP contribution in [-0.2, 0) is 110 Å². The maximum absolute atomic E-state index is 15.1. The largest absolute Gasteiger partial charge is 0.508 e. The first-order valence-electron chi connectivity index (χ1n) is 40.2. The van der Waals surface area contributed by atoms with Gasteiger partial charge in [0.1, 0.15) is 41.7 Å². The van der Waals surface area contributed by atoms with Crippen molar-refractivity contribution in [2.24, 2.45) is 29.6 Å². The number of carboxylic acids is 5. The van der Waals surface area contributed by atoms with Crippen LogP contribution in [0.4, 0.5) is 9.59 Å². The van der Waals surface area contributed by atoms with Gasteiger partial charge in [0, 0.05) is 99.5 Å². The van der Waals surface area contributed by atoms with Gasteiger partial charge in [-0.15, -0.1) is 11.3 Å². The number of ketones is 2. The fourth-order valence-electron chi connectivity index (χ4n) is 12.9. The highest BCUT2D eigenvalue weighted by molar-refractivity contribution is 8.76. The second-order valence-corrected chi connectivity index (χ2v) is 33.4. The number of urea groups is 2. The Labute approximate surface area is 723 Å². The fourth-order valence-corrected chi connectivity index (χ4v) is 15.8. The summed E-state index contributed by atoms with van der Waals surface area (Å²) in [6.45, 7) is 11.9. The van der Waals surface area contributed by atoms with Crippen LogP contribution in [0.15, 0.2) is 53.9 Å². The third-order valence-corrected chi connectivity index (χ3v) is 23.0. The van der Waals surface area contributed by atoms with Crippen LogP contribution in [0.5, 0.6) is 5.75 Å². The zero-order chi connectivity index (χ0) is 91.8. The molecule has 0 spiro atoms. The van der Waals surface area contributed by atoms with E-state index in [0.717, 1.165) is 52.3 Å². The number of benzene rings is 2. The number of ether oxygens (including phenoxy) is 3. The van der Waals surface area contributed by atoms with Crippen LogP contribution in [-0.4, -0.2) is 247 Å². The van der Waals surface area contributed by atoms with Crippen molar-refractivity contribution in [3.63, 3.8) is 0 Å². The Bertz CT molecular complexity index is 4050. The van der Waals surface area contributed by atoms with Crippen molar-refractivity contribution in [1.82, 2.24) is 57.3 Å². The molecule has 0 radical (unpaired) electrons. The average Bonchev–Trinajstić information content (AvgIpc) is 1.78. The number of rotatable bonds is 57. The number of thiazole rings is 1. The fraction of sp³-hybridized carbons (Fsp3) is 0.593. The lowest BCUT2D eigenvalue weighted by atomic mass is 9.82. The number of aromatic hydroxyl groups is 1. The molecule has 123 heavy (non-hydrogen) atoms. The van der Waals surface area contributed by atoms with Gasteiger partial charge in [0.2, 0.25) is 23.6 Å². The Balaban J connectivity index is 0.0000128. The SMILES string of the molecule is CCCC(=O)OCN(C(=O)[C@@H](CC(=O)[C@H]1CCCCN1C)C(C)CC)C(C[C@@H](OC(C)=O)c1nc(C(=O)N[C@@H](Cc2ccc(O)cc2)C[C@H](C)C(=O)NCC(=O)OCCSSC[C@H](NC(=O)[C@H](CC(=O)O)CC(=O)[C@H](CC(=O)O)NC(=O)Cc2ccc(CNC(=O)NCCCC[C@H](NC(=O)NCCCC(=O)O)C(=O)O)cc2)C(=O)O)cs1)C(C)C.O=C=O. The van der Waals surface area contributed by atoms with E-state index in [9.17, 15) is 102 Å². The van der Waals surface area contributed by atoms with Crippen molar-refractivity contribution in [3.8, 4) is 5.75 Å². The van der Waals surface area contributed by atoms with E-state index in [1.54, 1.807) is 31.2 Å². The number of Topliss-reactive ketones (excluding diaryl/α,β-unsaturated/α-hetero) is 2. The molecule has 1 fully saturated rings. The number of piperidine rings is 1. The van der Waals surface area contributed by atoms with E-state index < -0.39 is 182 Å². The topological polar surface area (TPSA) is 589 Å². The summed E-state index contributed by atoms with van der Waals surface area (Å²) in [5.74, 6) is -18.0. The van der Waals surface area contributed by atoms with Gasteiger partial charge in [-0.2, -0.15) is 9.59 Å². The number of likely N-dealkylation sites (tertiary alicyclic amines) is 1. The number of carbonyl (C=O) groups excluding carboxylic acids is 14. The summed E-state index contributed by atoms with van der Waals surface area (Å²) in [6, 6.07) is 4.57. The molecule has 2 heterocycles. The molecule has 3 aromatic rings. The molecule has 680 valence electrons. The third-order valence-electron chi connectivity index (χ3n) is 19.7. The van der Waals surface area contributed by atoms with Gasteiger partial charge < -0.3 is 92.3 Å². The number of aromatic nitrogens is 1. The summed E-state index contributed by atoms with van der Waals surface area (Å²) in [7, 11) is 3.85. The molecule has 2 aromatic carbocycles. The minimum absolute atomic E-state index is 0.0117. The monoisotopic (exact) mass is 1790 g/mol. The van der Waals surface area contributed by atoms with Gasteiger partial charge in [0.25, 0.3) is 5.91 Å². The number of nitrogens with one attached hydrogen (secondary N) is 8. The summed E-state index contributed by atoms with van der Waals surface area (Å²) in [4.78, 5) is 243. The second kappa shape index (κ2) is 57.3. The molecule has 0 bridgehead atoms. The van der Waals surface area contributed by atoms with Gasteiger partial charge in [-0.25, -0.2) is 24.2 Å². The predicted octanol–water partition coefficient (Wildman–Crippen LogP) is 5.34. The van der Waals surface area contributed by atoms with E-state index in [0.29, 0.717) is 48.8 Å². The van der Waals surface area contributed by atoms with E-state index in [4.69, 9.17) is 28.9 Å². The first-order valence-corrected chi connectivity index (χ1v) is 43.6. The first-order chi connectivity index (χ1) is 58.3. The molecule has 0 aliphatic carbocycles. The number of amides is 9. The lowest BCUT2D eigenvalue weighted by molar-refractivity contribution is -0.192. The highest BCUT2D eigenvalue weighted by Gasteiger charge is 2.41. The van der Waals surface area contributed by atoms with Crippen LogP contribution < -0.4 is 42.5 Å². The summed E-state index contributed by atoms with van der Waals surface area (Å²) >= 11 is 1.03. The number of phenols is 1. The summed E-state index contributed by atoms with van der Waals surface area (Å²) in [5.41, 5.74) is 1.58. The van der Waals surface area contributed by atoms with Crippen molar-refractivity contribution in [2.45, 2.75) is 219 Å². The highest BCUT2D eigenvalue weighted by Crippen LogP contribution is 2.35. The molecule has 9 amide bonds. The van der Waals surface area contributed by atoms with E-state index in [1.807, 2.05) is 46.6 Å². The Kier molecular flexibility index (Phi) is 49.4. The molecule has 39 nitrogen and oxygen atoms in total. The lowest BCUT2D eigenvalue weighted by Gasteiger charge is -2.39. The maximum atomic E-state index is 15.1. The number of esters is 3. The molecular formula is C81H115N11O28S3. The standard InChI is InChI=1S/C80H115N11O26S3.CO2/c1-9-16-70(103)116-45-91(76(108)56(47(5)10-2)38-64(95)61-18-12-14-30-90(61)8)62(46(3)4)40-65(117-49(7)92)75-88-59(43-118-75)74(107)85-54(34-50-24-26-55(93)27-25-50)33-48(6)72(105)83-42-71(104)115-31-32-119-120-44-60(78(111)112)87-73(106)53(37-68(99)100)36-63(94)58(39-69(101)102)86-66(96)35-51-20-22-52(23-21-51)41-84-79(113)81-28-13-11-17-57(77(109)110)89-80(114)82-29-15-19-67(97)98;2-1-3/h20-27,43,46-48,53-54,56-58,60-62,65,93H,9-19,28-42,44-45H2,1-8H3,(H,83,105)(H,85,107)(H,86,96)(H,87,106)(H,97,98)(H,99,100)(H,101,102)(H,109,110)(H,111,112)(H2,81,84,113)(H2,82,89,114);/t47?,48-,53-,54+,56-,57-,58-,60-,61+,62?,65+;/m0./s1. The van der Waals surface area contributed by atoms with Gasteiger partial charge in [-0.05, 0) is 112 Å². The quantitative estimate of drug-likeness (QED) is 0.0111. The number of nitrogens with zero attached hydrogens (tertiary/aromatic N) is 3. The van der Waals surface area contributed by atoms with E-state index in [-0.39, 0.29) is 142 Å². The van der Waals surface area contributed by atoms with E-state index in [2.05, 4.69) is 47.5 Å². The van der Waals surface area contributed by atoms with Gasteiger partial charge >= 0.3 is 66.0 Å². The predicted molar refractivity (Wildman–Crippen MR) is 444 cm³/mol. The second-order valence-electron chi connectivity index (χ2n) is 29.8. The van der Waals surface area contributed by atoms with Crippen molar-refractivity contribution in [3.05, 3.63) is 81.3 Å². The molecule has 1 aromatic heterocycles. The number of aliphatic carboxylic acids is 5. The molecule has 11 atom stereocenters. The van der Waals surface area contributed by atoms with Crippen molar-refractivity contribution < 1.29 is 136 Å². The smallest absolute Gasteiger partial charge is 0.373 e. The highest BCUT2D eigenvalue weighted by atomic mass is 33.1.